The largest absolute Gasteiger partial charge is 0.478 e. The van der Waals surface area contributed by atoms with Gasteiger partial charge in [-0.15, -0.1) is 0 Å². The summed E-state index contributed by atoms with van der Waals surface area (Å²) in [5.41, 5.74) is -0.601. The second kappa shape index (κ2) is 4.75. The minimum absolute atomic E-state index is 0.00439. The fourth-order valence-electron chi connectivity index (χ4n) is 1.15. The van der Waals surface area contributed by atoms with E-state index in [4.69, 9.17) is 21.4 Å². The van der Waals surface area contributed by atoms with Crippen LogP contribution in [0, 0.1) is 0 Å². The zero-order chi connectivity index (χ0) is 13.2. The average Bonchev–Trinajstić information content (AvgIpc) is 2.14. The molecular weight excluding hydrogens is 244 g/mol. The maximum absolute atomic E-state index is 11.8. The molecule has 5 heteroatoms. The molecule has 0 saturated carbocycles. The van der Waals surface area contributed by atoms with Gasteiger partial charge in [-0.05, 0) is 39.0 Å². The Morgan fingerprint density at radius 2 is 1.88 bits per heavy atom. The maximum atomic E-state index is 11.8. The van der Waals surface area contributed by atoms with Crippen LogP contribution in [0.5, 0.6) is 0 Å². The van der Waals surface area contributed by atoms with Crippen molar-refractivity contribution in [3.63, 3.8) is 0 Å². The predicted molar refractivity (Wildman–Crippen MR) is 63.6 cm³/mol. The fourth-order valence-corrected chi connectivity index (χ4v) is 1.34. The molecule has 0 spiro atoms. The van der Waals surface area contributed by atoms with Gasteiger partial charge in [-0.2, -0.15) is 0 Å². The van der Waals surface area contributed by atoms with E-state index in [1.54, 1.807) is 20.8 Å². The minimum atomic E-state index is -1.12. The summed E-state index contributed by atoms with van der Waals surface area (Å²) in [6, 6.07) is 3.90. The molecule has 4 nitrogen and oxygen atoms in total. The van der Waals surface area contributed by atoms with Crippen molar-refractivity contribution in [3.05, 3.63) is 34.3 Å². The number of benzene rings is 1. The number of hydrogen-bond acceptors (Lipinski definition) is 3. The number of esters is 1. The molecule has 1 aromatic carbocycles. The lowest BCUT2D eigenvalue weighted by Crippen LogP contribution is -2.24. The highest BCUT2D eigenvalue weighted by Gasteiger charge is 2.21. The van der Waals surface area contributed by atoms with Gasteiger partial charge in [-0.3, -0.25) is 0 Å². The van der Waals surface area contributed by atoms with Gasteiger partial charge in [-0.1, -0.05) is 11.6 Å². The average molecular weight is 257 g/mol. The van der Waals surface area contributed by atoms with E-state index >= 15 is 0 Å². The number of halogens is 1. The lowest BCUT2D eigenvalue weighted by atomic mass is 10.1. The Hall–Kier alpha value is -1.55. The summed E-state index contributed by atoms with van der Waals surface area (Å²) in [7, 11) is 0. The van der Waals surface area contributed by atoms with Crippen LogP contribution in [0.3, 0.4) is 0 Å². The second-order valence-corrected chi connectivity index (χ2v) is 4.91. The van der Waals surface area contributed by atoms with Crippen LogP contribution in [-0.4, -0.2) is 22.6 Å². The summed E-state index contributed by atoms with van der Waals surface area (Å²) in [6.07, 6.45) is 0. The van der Waals surface area contributed by atoms with Crippen LogP contribution in [0.2, 0.25) is 5.02 Å². The lowest BCUT2D eigenvalue weighted by Gasteiger charge is -2.19. The Balaban J connectivity index is 3.08. The molecule has 1 N–H and O–H groups in total. The van der Waals surface area contributed by atoms with Gasteiger partial charge >= 0.3 is 11.9 Å². The highest BCUT2D eigenvalue weighted by Crippen LogP contribution is 2.21. The van der Waals surface area contributed by atoms with E-state index in [0.717, 1.165) is 0 Å². The van der Waals surface area contributed by atoms with Gasteiger partial charge in [-0.25, -0.2) is 9.59 Å². The molecule has 0 amide bonds. The molecule has 0 aliphatic carbocycles. The van der Waals surface area contributed by atoms with Crippen LogP contribution >= 0.6 is 11.6 Å². The number of rotatable bonds is 2. The van der Waals surface area contributed by atoms with E-state index in [9.17, 15) is 9.59 Å². The van der Waals surface area contributed by atoms with Gasteiger partial charge in [0.05, 0.1) is 16.1 Å². The van der Waals surface area contributed by atoms with Crippen LogP contribution in [0.25, 0.3) is 0 Å². The Labute approximate surface area is 104 Å². The number of carbonyl (C=O) groups excluding carboxylic acids is 1. The zero-order valence-corrected chi connectivity index (χ0v) is 10.5. The molecule has 0 fully saturated rings. The van der Waals surface area contributed by atoms with Crippen LogP contribution in [-0.2, 0) is 4.74 Å². The summed E-state index contributed by atoms with van der Waals surface area (Å²) in [5, 5.41) is 8.99. The Bertz CT molecular complexity index is 460. The molecule has 0 aliphatic heterocycles. The molecule has 92 valence electrons. The topological polar surface area (TPSA) is 63.6 Å². The minimum Gasteiger partial charge on any atom is -0.478 e. The molecular formula is C12H13ClO4. The van der Waals surface area contributed by atoms with E-state index in [-0.39, 0.29) is 16.1 Å². The van der Waals surface area contributed by atoms with Crippen molar-refractivity contribution in [2.24, 2.45) is 0 Å². The van der Waals surface area contributed by atoms with Crippen molar-refractivity contribution in [3.8, 4) is 0 Å². The number of carboxylic acids is 1. The summed E-state index contributed by atoms with van der Waals surface area (Å²) in [5.74, 6) is -1.75. The Morgan fingerprint density at radius 1 is 1.29 bits per heavy atom. The van der Waals surface area contributed by atoms with Crippen molar-refractivity contribution in [1.82, 2.24) is 0 Å². The normalized spacial score (nSPS) is 11.1. The lowest BCUT2D eigenvalue weighted by molar-refractivity contribution is 0.00697. The van der Waals surface area contributed by atoms with Gasteiger partial charge < -0.3 is 9.84 Å². The third kappa shape index (κ3) is 3.75. The molecule has 1 aromatic rings. The second-order valence-electron chi connectivity index (χ2n) is 4.50. The molecule has 0 unspecified atom stereocenters. The van der Waals surface area contributed by atoms with Gasteiger partial charge in [0, 0.05) is 0 Å². The Kier molecular flexibility index (Phi) is 3.78. The van der Waals surface area contributed by atoms with E-state index in [0.29, 0.717) is 0 Å². The number of aromatic carboxylic acids is 1. The van der Waals surface area contributed by atoms with Gasteiger partial charge in [0.15, 0.2) is 0 Å². The van der Waals surface area contributed by atoms with E-state index in [1.165, 1.54) is 18.2 Å². The van der Waals surface area contributed by atoms with Crippen molar-refractivity contribution >= 4 is 23.5 Å². The first-order valence-electron chi connectivity index (χ1n) is 4.97. The van der Waals surface area contributed by atoms with Gasteiger partial charge in [0.1, 0.15) is 5.60 Å². The molecule has 0 aliphatic rings. The quantitative estimate of drug-likeness (QED) is 0.826. The standard InChI is InChI=1S/C12H13ClO4/c1-12(2,3)17-11(16)8-6-7(10(14)15)4-5-9(8)13/h4-6H,1-3H3,(H,14,15). The van der Waals surface area contributed by atoms with Crippen LogP contribution in [0.1, 0.15) is 41.5 Å². The SMILES string of the molecule is CC(C)(C)OC(=O)c1cc(C(=O)O)ccc1Cl. The first-order chi connectivity index (χ1) is 7.70. The van der Waals surface area contributed by atoms with Crippen LogP contribution in [0.15, 0.2) is 18.2 Å². The van der Waals surface area contributed by atoms with E-state index in [2.05, 4.69) is 0 Å². The van der Waals surface area contributed by atoms with Gasteiger partial charge in [0.25, 0.3) is 0 Å². The third-order valence-corrected chi connectivity index (χ3v) is 2.16. The first-order valence-corrected chi connectivity index (χ1v) is 5.35. The van der Waals surface area contributed by atoms with Crippen molar-refractivity contribution in [2.45, 2.75) is 26.4 Å². The number of hydrogen-bond donors (Lipinski definition) is 1. The maximum Gasteiger partial charge on any atom is 0.340 e. The van der Waals surface area contributed by atoms with E-state index in [1.807, 2.05) is 0 Å². The molecule has 0 aromatic heterocycles. The molecule has 1 rings (SSSR count). The fraction of sp³-hybridized carbons (Fsp3) is 0.333. The smallest absolute Gasteiger partial charge is 0.340 e. The van der Waals surface area contributed by atoms with Crippen molar-refractivity contribution < 1.29 is 19.4 Å². The highest BCUT2D eigenvalue weighted by molar-refractivity contribution is 6.33. The number of ether oxygens (including phenoxy) is 1. The summed E-state index contributed by atoms with van der Waals surface area (Å²) in [6.45, 7) is 5.17. The summed E-state index contributed by atoms with van der Waals surface area (Å²) >= 11 is 5.83. The molecule has 17 heavy (non-hydrogen) atoms. The summed E-state index contributed by atoms with van der Waals surface area (Å²) in [4.78, 5) is 22.5. The number of carbonyl (C=O) groups is 2. The third-order valence-electron chi connectivity index (χ3n) is 1.83. The van der Waals surface area contributed by atoms with E-state index < -0.39 is 17.5 Å². The molecule has 0 radical (unpaired) electrons. The molecule has 0 bridgehead atoms. The first kappa shape index (κ1) is 13.5. The molecule has 0 saturated heterocycles. The zero-order valence-electron chi connectivity index (χ0n) is 9.78. The predicted octanol–water partition coefficient (Wildman–Crippen LogP) is 2.99. The van der Waals surface area contributed by atoms with Crippen LogP contribution < -0.4 is 0 Å². The molecule has 0 heterocycles. The molecule has 0 atom stereocenters. The highest BCUT2D eigenvalue weighted by atomic mass is 35.5. The summed E-state index contributed by atoms with van der Waals surface area (Å²) < 4.78 is 5.12. The van der Waals surface area contributed by atoms with Crippen LogP contribution in [0.4, 0.5) is 0 Å². The monoisotopic (exact) mass is 256 g/mol. The van der Waals surface area contributed by atoms with Crippen molar-refractivity contribution in [2.75, 3.05) is 0 Å². The van der Waals surface area contributed by atoms with Crippen molar-refractivity contribution in [1.29, 1.82) is 0 Å². The number of carboxylic acid groups (broad SMARTS) is 1. The Morgan fingerprint density at radius 3 is 2.35 bits per heavy atom. The van der Waals surface area contributed by atoms with Gasteiger partial charge in [0.2, 0.25) is 0 Å².